The van der Waals surface area contributed by atoms with Crippen LogP contribution >= 0.6 is 0 Å². The Hall–Kier alpha value is -2.86. The first-order chi connectivity index (χ1) is 12.0. The van der Waals surface area contributed by atoms with Gasteiger partial charge in [-0.25, -0.2) is 0 Å². The van der Waals surface area contributed by atoms with Crippen LogP contribution < -0.4 is 15.4 Å². The van der Waals surface area contributed by atoms with Crippen molar-refractivity contribution in [3.63, 3.8) is 0 Å². The average molecular weight is 341 g/mol. The largest absolute Gasteiger partial charge is 0.497 e. The van der Waals surface area contributed by atoms with Crippen LogP contribution in [0.3, 0.4) is 0 Å². The van der Waals surface area contributed by atoms with Gasteiger partial charge in [0.15, 0.2) is 0 Å². The van der Waals surface area contributed by atoms with Gasteiger partial charge in [-0.15, -0.1) is 0 Å². The highest BCUT2D eigenvalue weighted by Gasteiger charge is 2.08. The van der Waals surface area contributed by atoms with Crippen LogP contribution in [0.5, 0.6) is 5.75 Å². The molecule has 0 heterocycles. The maximum atomic E-state index is 12.0. The highest BCUT2D eigenvalue weighted by atomic mass is 16.5. The Kier molecular flexibility index (Phi) is 6.54. The number of hydrogen-bond donors (Lipinski definition) is 2. The van der Waals surface area contributed by atoms with Gasteiger partial charge in [0.25, 0.3) is 5.91 Å². The van der Waals surface area contributed by atoms with Crippen LogP contribution in [-0.2, 0) is 11.3 Å². The second kappa shape index (κ2) is 8.84. The number of carbonyl (C=O) groups is 2. The SMILES string of the molecule is COc1ccc(CNCC(=O)Nc2ccc(C(=O)N(C)C)cc2)cc1. The molecule has 2 rings (SSSR count). The molecular weight excluding hydrogens is 318 g/mol. The van der Waals surface area contributed by atoms with E-state index in [2.05, 4.69) is 10.6 Å². The van der Waals surface area contributed by atoms with Crippen LogP contribution in [0.4, 0.5) is 5.69 Å². The fraction of sp³-hybridized carbons (Fsp3) is 0.263. The first-order valence-corrected chi connectivity index (χ1v) is 7.95. The van der Waals surface area contributed by atoms with Gasteiger partial charge in [0.1, 0.15) is 5.75 Å². The topological polar surface area (TPSA) is 70.7 Å². The Morgan fingerprint density at radius 1 is 1.00 bits per heavy atom. The fourth-order valence-electron chi connectivity index (χ4n) is 2.22. The number of benzene rings is 2. The molecule has 0 fully saturated rings. The van der Waals surface area contributed by atoms with Crippen molar-refractivity contribution in [1.29, 1.82) is 0 Å². The lowest BCUT2D eigenvalue weighted by Gasteiger charge is -2.11. The molecule has 2 aromatic carbocycles. The van der Waals surface area contributed by atoms with Gasteiger partial charge in [-0.3, -0.25) is 9.59 Å². The number of amides is 2. The van der Waals surface area contributed by atoms with Crippen molar-refractivity contribution < 1.29 is 14.3 Å². The second-order valence-corrected chi connectivity index (χ2v) is 5.78. The van der Waals surface area contributed by atoms with Gasteiger partial charge in [0.2, 0.25) is 5.91 Å². The van der Waals surface area contributed by atoms with E-state index in [-0.39, 0.29) is 18.4 Å². The lowest BCUT2D eigenvalue weighted by Crippen LogP contribution is -2.27. The zero-order valence-corrected chi connectivity index (χ0v) is 14.7. The number of carbonyl (C=O) groups excluding carboxylic acids is 2. The quantitative estimate of drug-likeness (QED) is 0.809. The molecule has 2 amide bonds. The van der Waals surface area contributed by atoms with E-state index in [1.807, 2.05) is 24.3 Å². The predicted molar refractivity (Wildman–Crippen MR) is 97.8 cm³/mol. The summed E-state index contributed by atoms with van der Waals surface area (Å²) in [5, 5.41) is 5.89. The molecule has 0 saturated carbocycles. The standard InChI is InChI=1S/C19H23N3O3/c1-22(2)19(24)15-6-8-16(9-7-15)21-18(23)13-20-12-14-4-10-17(25-3)11-5-14/h4-11,20H,12-13H2,1-3H3,(H,21,23). The summed E-state index contributed by atoms with van der Waals surface area (Å²) in [6.45, 7) is 0.790. The van der Waals surface area contributed by atoms with Crippen molar-refractivity contribution in [2.24, 2.45) is 0 Å². The normalized spacial score (nSPS) is 10.2. The Labute approximate surface area is 147 Å². The van der Waals surface area contributed by atoms with Crippen LogP contribution in [0, 0.1) is 0 Å². The van der Waals surface area contributed by atoms with Crippen LogP contribution in [0.2, 0.25) is 0 Å². The molecule has 0 aliphatic rings. The smallest absolute Gasteiger partial charge is 0.253 e. The van der Waals surface area contributed by atoms with E-state index >= 15 is 0 Å². The monoisotopic (exact) mass is 341 g/mol. The van der Waals surface area contributed by atoms with Crippen LogP contribution in [0.1, 0.15) is 15.9 Å². The van der Waals surface area contributed by atoms with E-state index in [9.17, 15) is 9.59 Å². The molecule has 2 aromatic rings. The van der Waals surface area contributed by atoms with E-state index in [0.29, 0.717) is 17.8 Å². The van der Waals surface area contributed by atoms with Crippen molar-refractivity contribution in [3.05, 3.63) is 59.7 Å². The van der Waals surface area contributed by atoms with Gasteiger partial charge in [0, 0.05) is 31.9 Å². The van der Waals surface area contributed by atoms with E-state index in [4.69, 9.17) is 4.74 Å². The Morgan fingerprint density at radius 3 is 2.20 bits per heavy atom. The molecule has 0 spiro atoms. The summed E-state index contributed by atoms with van der Waals surface area (Å²) in [4.78, 5) is 25.3. The fourth-order valence-corrected chi connectivity index (χ4v) is 2.22. The molecule has 0 unspecified atom stereocenters. The summed E-state index contributed by atoms with van der Waals surface area (Å²) in [6, 6.07) is 14.5. The number of methoxy groups -OCH3 is 1. The Bertz CT molecular complexity index is 710. The third kappa shape index (κ3) is 5.61. The van der Waals surface area contributed by atoms with Gasteiger partial charge in [-0.05, 0) is 42.0 Å². The number of hydrogen-bond acceptors (Lipinski definition) is 4. The zero-order valence-electron chi connectivity index (χ0n) is 14.7. The average Bonchev–Trinajstić information content (AvgIpc) is 2.62. The summed E-state index contributed by atoms with van der Waals surface area (Å²) in [5.74, 6) is 0.594. The number of anilines is 1. The van der Waals surface area contributed by atoms with E-state index < -0.39 is 0 Å². The molecule has 6 heteroatoms. The van der Waals surface area contributed by atoms with Crippen LogP contribution in [-0.4, -0.2) is 44.5 Å². The highest BCUT2D eigenvalue weighted by molar-refractivity contribution is 5.95. The van der Waals surface area contributed by atoms with Crippen molar-refractivity contribution >= 4 is 17.5 Å². The number of nitrogens with one attached hydrogen (secondary N) is 2. The molecule has 2 N–H and O–H groups in total. The molecule has 0 radical (unpaired) electrons. The van der Waals surface area contributed by atoms with E-state index in [1.54, 1.807) is 45.5 Å². The predicted octanol–water partition coefficient (Wildman–Crippen LogP) is 2.13. The third-order valence-corrected chi connectivity index (χ3v) is 3.60. The maximum Gasteiger partial charge on any atom is 0.253 e. The molecule has 132 valence electrons. The lowest BCUT2D eigenvalue weighted by molar-refractivity contribution is -0.115. The summed E-state index contributed by atoms with van der Waals surface area (Å²) >= 11 is 0. The highest BCUT2D eigenvalue weighted by Crippen LogP contribution is 2.12. The first kappa shape index (κ1) is 18.5. The number of nitrogens with zero attached hydrogens (tertiary/aromatic N) is 1. The van der Waals surface area contributed by atoms with Crippen molar-refractivity contribution in [2.75, 3.05) is 33.1 Å². The minimum absolute atomic E-state index is 0.0703. The summed E-state index contributed by atoms with van der Waals surface area (Å²) in [5.41, 5.74) is 2.31. The molecule has 25 heavy (non-hydrogen) atoms. The number of ether oxygens (including phenoxy) is 1. The maximum absolute atomic E-state index is 12.0. The summed E-state index contributed by atoms with van der Waals surface area (Å²) in [7, 11) is 5.03. The molecule has 0 aliphatic carbocycles. The number of rotatable bonds is 7. The van der Waals surface area contributed by atoms with Crippen molar-refractivity contribution in [1.82, 2.24) is 10.2 Å². The van der Waals surface area contributed by atoms with Crippen molar-refractivity contribution in [3.8, 4) is 5.75 Å². The minimum Gasteiger partial charge on any atom is -0.497 e. The zero-order chi connectivity index (χ0) is 18.2. The van der Waals surface area contributed by atoms with Gasteiger partial charge in [-0.1, -0.05) is 12.1 Å². The molecule has 0 aromatic heterocycles. The van der Waals surface area contributed by atoms with Crippen LogP contribution in [0.15, 0.2) is 48.5 Å². The third-order valence-electron chi connectivity index (χ3n) is 3.60. The summed E-state index contributed by atoms with van der Waals surface area (Å²) in [6.07, 6.45) is 0. The molecule has 0 bridgehead atoms. The van der Waals surface area contributed by atoms with Crippen molar-refractivity contribution in [2.45, 2.75) is 6.54 Å². The Balaban J connectivity index is 1.78. The molecule has 0 saturated heterocycles. The molecular formula is C19H23N3O3. The van der Waals surface area contributed by atoms with E-state index in [0.717, 1.165) is 11.3 Å². The summed E-state index contributed by atoms with van der Waals surface area (Å²) < 4.78 is 5.11. The lowest BCUT2D eigenvalue weighted by atomic mass is 10.2. The van der Waals surface area contributed by atoms with Gasteiger partial charge < -0.3 is 20.3 Å². The van der Waals surface area contributed by atoms with Crippen LogP contribution in [0.25, 0.3) is 0 Å². The molecule has 0 atom stereocenters. The van der Waals surface area contributed by atoms with Gasteiger partial charge >= 0.3 is 0 Å². The second-order valence-electron chi connectivity index (χ2n) is 5.78. The van der Waals surface area contributed by atoms with Gasteiger partial charge in [0.05, 0.1) is 13.7 Å². The first-order valence-electron chi connectivity index (χ1n) is 7.95. The van der Waals surface area contributed by atoms with Gasteiger partial charge in [-0.2, -0.15) is 0 Å². The molecule has 6 nitrogen and oxygen atoms in total. The molecule has 0 aliphatic heterocycles. The minimum atomic E-state index is -0.139. The Morgan fingerprint density at radius 2 is 1.64 bits per heavy atom. The van der Waals surface area contributed by atoms with E-state index in [1.165, 1.54) is 4.90 Å².